The summed E-state index contributed by atoms with van der Waals surface area (Å²) in [4.78, 5) is 4.51. The van der Waals surface area contributed by atoms with Crippen LogP contribution in [0, 0.1) is 0 Å². The Balaban J connectivity index is 2.60. The number of aliphatic hydroxyl groups is 1. The van der Waals surface area contributed by atoms with Gasteiger partial charge in [-0.2, -0.15) is 0 Å². The van der Waals surface area contributed by atoms with E-state index >= 15 is 0 Å². The van der Waals surface area contributed by atoms with Crippen molar-refractivity contribution in [3.63, 3.8) is 0 Å². The van der Waals surface area contributed by atoms with Gasteiger partial charge in [0, 0.05) is 6.54 Å². The number of aromatic nitrogens is 2. The minimum atomic E-state index is -0.512. The molecule has 0 aliphatic heterocycles. The van der Waals surface area contributed by atoms with Crippen molar-refractivity contribution in [2.75, 3.05) is 0 Å². The van der Waals surface area contributed by atoms with Crippen LogP contribution in [0.2, 0.25) is 0 Å². The lowest BCUT2D eigenvalue weighted by molar-refractivity contribution is 0.160. The second kappa shape index (κ2) is 4.72. The number of fused-ring (bicyclic) bond motifs is 1. The molecule has 1 N–H and O–H groups in total. The molecule has 0 amide bonds. The SMILES string of the molecule is C=C(C)Cn1c([C@@H](O)CC)nc2ccccc21. The van der Waals surface area contributed by atoms with Gasteiger partial charge in [0.05, 0.1) is 11.0 Å². The van der Waals surface area contributed by atoms with E-state index in [1.807, 2.05) is 42.7 Å². The molecule has 0 saturated heterocycles. The van der Waals surface area contributed by atoms with E-state index in [9.17, 15) is 5.11 Å². The highest BCUT2D eigenvalue weighted by molar-refractivity contribution is 5.76. The quantitative estimate of drug-likeness (QED) is 0.820. The first-order valence-corrected chi connectivity index (χ1v) is 5.91. The van der Waals surface area contributed by atoms with Gasteiger partial charge in [0.1, 0.15) is 11.9 Å². The standard InChI is InChI=1S/C14H18N2O/c1-4-13(17)14-15-11-7-5-6-8-12(11)16(14)9-10(2)3/h5-8,13,17H,2,4,9H2,1,3H3/t13-/m0/s1. The summed E-state index contributed by atoms with van der Waals surface area (Å²) < 4.78 is 2.05. The van der Waals surface area contributed by atoms with Gasteiger partial charge < -0.3 is 9.67 Å². The Morgan fingerprint density at radius 1 is 1.47 bits per heavy atom. The van der Waals surface area contributed by atoms with E-state index in [1.165, 1.54) is 0 Å². The average molecular weight is 230 g/mol. The maximum absolute atomic E-state index is 10.0. The lowest BCUT2D eigenvalue weighted by Crippen LogP contribution is -2.09. The molecule has 0 aliphatic carbocycles. The third-order valence-corrected chi connectivity index (χ3v) is 2.80. The summed E-state index contributed by atoms with van der Waals surface area (Å²) in [6.07, 6.45) is 0.154. The van der Waals surface area contributed by atoms with Crippen molar-refractivity contribution in [3.8, 4) is 0 Å². The van der Waals surface area contributed by atoms with Crippen molar-refractivity contribution < 1.29 is 5.11 Å². The second-order valence-corrected chi connectivity index (χ2v) is 4.43. The zero-order valence-corrected chi connectivity index (χ0v) is 10.3. The summed E-state index contributed by atoms with van der Waals surface area (Å²) in [5.41, 5.74) is 3.03. The zero-order chi connectivity index (χ0) is 12.4. The number of allylic oxidation sites excluding steroid dienone is 1. The first-order valence-electron chi connectivity index (χ1n) is 5.91. The predicted molar refractivity (Wildman–Crippen MR) is 69.8 cm³/mol. The summed E-state index contributed by atoms with van der Waals surface area (Å²) in [6.45, 7) is 8.57. The Kier molecular flexibility index (Phi) is 3.29. The molecule has 0 radical (unpaired) electrons. The molecule has 90 valence electrons. The molecule has 1 heterocycles. The van der Waals surface area contributed by atoms with Crippen molar-refractivity contribution in [1.29, 1.82) is 0 Å². The van der Waals surface area contributed by atoms with Crippen molar-refractivity contribution in [1.82, 2.24) is 9.55 Å². The van der Waals surface area contributed by atoms with Gasteiger partial charge in [-0.15, -0.1) is 0 Å². The highest BCUT2D eigenvalue weighted by atomic mass is 16.3. The monoisotopic (exact) mass is 230 g/mol. The topological polar surface area (TPSA) is 38.0 Å². The minimum Gasteiger partial charge on any atom is -0.385 e. The Labute approximate surface area is 101 Å². The van der Waals surface area contributed by atoms with E-state index in [0.717, 1.165) is 22.4 Å². The minimum absolute atomic E-state index is 0.512. The smallest absolute Gasteiger partial charge is 0.139 e. The number of aliphatic hydroxyl groups excluding tert-OH is 1. The molecule has 0 spiro atoms. The van der Waals surface area contributed by atoms with Crippen LogP contribution in [-0.4, -0.2) is 14.7 Å². The van der Waals surface area contributed by atoms with E-state index < -0.39 is 6.10 Å². The lowest BCUT2D eigenvalue weighted by Gasteiger charge is -2.12. The van der Waals surface area contributed by atoms with Crippen LogP contribution >= 0.6 is 0 Å². The van der Waals surface area contributed by atoms with E-state index in [4.69, 9.17) is 0 Å². The normalized spacial score (nSPS) is 12.9. The van der Waals surface area contributed by atoms with Crippen LogP contribution in [0.15, 0.2) is 36.4 Å². The molecule has 2 aromatic rings. The van der Waals surface area contributed by atoms with Crippen LogP contribution in [0.3, 0.4) is 0 Å². The maximum atomic E-state index is 10.0. The fraction of sp³-hybridized carbons (Fsp3) is 0.357. The van der Waals surface area contributed by atoms with Crippen LogP contribution in [0.4, 0.5) is 0 Å². The number of nitrogens with zero attached hydrogens (tertiary/aromatic N) is 2. The summed E-state index contributed by atoms with van der Waals surface area (Å²) >= 11 is 0. The second-order valence-electron chi connectivity index (χ2n) is 4.43. The summed E-state index contributed by atoms with van der Waals surface area (Å²) in [6, 6.07) is 7.94. The van der Waals surface area contributed by atoms with E-state index in [2.05, 4.69) is 11.6 Å². The van der Waals surface area contributed by atoms with Crippen LogP contribution in [0.25, 0.3) is 11.0 Å². The molecule has 2 rings (SSSR count). The Bertz CT molecular complexity index is 542. The van der Waals surface area contributed by atoms with Crippen LogP contribution < -0.4 is 0 Å². The number of rotatable bonds is 4. The number of hydrogen-bond donors (Lipinski definition) is 1. The first kappa shape index (κ1) is 11.9. The van der Waals surface area contributed by atoms with Gasteiger partial charge in [-0.05, 0) is 25.5 Å². The fourth-order valence-electron chi connectivity index (χ4n) is 1.97. The van der Waals surface area contributed by atoms with E-state index in [0.29, 0.717) is 13.0 Å². The Hall–Kier alpha value is -1.61. The third-order valence-electron chi connectivity index (χ3n) is 2.80. The molecule has 0 fully saturated rings. The molecule has 3 nitrogen and oxygen atoms in total. The van der Waals surface area contributed by atoms with Crippen molar-refractivity contribution in [2.24, 2.45) is 0 Å². The van der Waals surface area contributed by atoms with Crippen LogP contribution in [-0.2, 0) is 6.54 Å². The van der Waals surface area contributed by atoms with Gasteiger partial charge in [-0.25, -0.2) is 4.98 Å². The van der Waals surface area contributed by atoms with Gasteiger partial charge in [0.2, 0.25) is 0 Å². The zero-order valence-electron chi connectivity index (χ0n) is 10.3. The van der Waals surface area contributed by atoms with E-state index in [1.54, 1.807) is 0 Å². The largest absolute Gasteiger partial charge is 0.385 e. The average Bonchev–Trinajstić information content (AvgIpc) is 2.67. The van der Waals surface area contributed by atoms with Crippen molar-refractivity contribution in [2.45, 2.75) is 32.9 Å². The lowest BCUT2D eigenvalue weighted by atomic mass is 10.2. The van der Waals surface area contributed by atoms with Crippen molar-refractivity contribution >= 4 is 11.0 Å². The molecular formula is C14H18N2O. The fourth-order valence-corrected chi connectivity index (χ4v) is 1.97. The molecule has 17 heavy (non-hydrogen) atoms. The Morgan fingerprint density at radius 3 is 2.82 bits per heavy atom. The molecule has 0 bridgehead atoms. The molecule has 1 aromatic carbocycles. The molecule has 0 aliphatic rings. The summed E-state index contributed by atoms with van der Waals surface area (Å²) in [5, 5.41) is 10.0. The van der Waals surface area contributed by atoms with E-state index in [-0.39, 0.29) is 0 Å². The number of benzene rings is 1. The third kappa shape index (κ3) is 2.24. The number of para-hydroxylation sites is 2. The molecule has 0 unspecified atom stereocenters. The van der Waals surface area contributed by atoms with Gasteiger partial charge in [-0.3, -0.25) is 0 Å². The highest BCUT2D eigenvalue weighted by Crippen LogP contribution is 2.23. The molecule has 0 saturated carbocycles. The predicted octanol–water partition coefficient (Wildman–Crippen LogP) is 3.06. The highest BCUT2D eigenvalue weighted by Gasteiger charge is 2.16. The Morgan fingerprint density at radius 2 is 2.18 bits per heavy atom. The van der Waals surface area contributed by atoms with Gasteiger partial charge in [-0.1, -0.05) is 31.2 Å². The van der Waals surface area contributed by atoms with Gasteiger partial charge in [0.15, 0.2) is 0 Å². The van der Waals surface area contributed by atoms with Crippen LogP contribution in [0.5, 0.6) is 0 Å². The first-order chi connectivity index (χ1) is 8.13. The molecular weight excluding hydrogens is 212 g/mol. The number of hydrogen-bond acceptors (Lipinski definition) is 2. The molecule has 1 atom stereocenters. The number of imidazole rings is 1. The summed E-state index contributed by atoms with van der Waals surface area (Å²) in [5.74, 6) is 0.733. The van der Waals surface area contributed by atoms with Crippen LogP contribution in [0.1, 0.15) is 32.2 Å². The maximum Gasteiger partial charge on any atom is 0.139 e. The summed E-state index contributed by atoms with van der Waals surface area (Å²) in [7, 11) is 0. The van der Waals surface area contributed by atoms with Gasteiger partial charge in [0.25, 0.3) is 0 Å². The molecule has 1 aromatic heterocycles. The van der Waals surface area contributed by atoms with Gasteiger partial charge >= 0.3 is 0 Å². The van der Waals surface area contributed by atoms with Crippen molar-refractivity contribution in [3.05, 3.63) is 42.2 Å². The molecule has 3 heteroatoms.